The van der Waals surface area contributed by atoms with Gasteiger partial charge in [0.1, 0.15) is 0 Å². The normalized spacial score (nSPS) is 21.3. The lowest BCUT2D eigenvalue weighted by atomic mass is 10.1. The van der Waals surface area contributed by atoms with E-state index in [1.807, 2.05) is 6.07 Å². The van der Waals surface area contributed by atoms with Crippen LogP contribution >= 0.6 is 0 Å². The van der Waals surface area contributed by atoms with Gasteiger partial charge in [-0.3, -0.25) is 9.80 Å². The highest BCUT2D eigenvalue weighted by atomic mass is 16.5. The number of methoxy groups -OCH3 is 1. The highest BCUT2D eigenvalue weighted by Crippen LogP contribution is 2.19. The summed E-state index contributed by atoms with van der Waals surface area (Å²) in [5.41, 5.74) is 1.29. The van der Waals surface area contributed by atoms with Crippen molar-refractivity contribution in [2.45, 2.75) is 38.0 Å². The first-order valence-electron chi connectivity index (χ1n) is 8.91. The molecule has 0 spiro atoms. The maximum atomic E-state index is 5.48. The average molecular weight is 344 g/mol. The summed E-state index contributed by atoms with van der Waals surface area (Å²) >= 11 is 0. The summed E-state index contributed by atoms with van der Waals surface area (Å²) in [5.74, 6) is 1.47. The van der Waals surface area contributed by atoms with Crippen molar-refractivity contribution in [1.82, 2.24) is 19.9 Å². The predicted octanol–water partition coefficient (Wildman–Crippen LogP) is 2.01. The minimum Gasteiger partial charge on any atom is -0.380 e. The minimum atomic E-state index is 0.344. The molecule has 1 fully saturated rings. The van der Waals surface area contributed by atoms with Crippen LogP contribution in [0.15, 0.2) is 34.9 Å². The molecule has 0 amide bonds. The summed E-state index contributed by atoms with van der Waals surface area (Å²) in [4.78, 5) is 9.14. The Morgan fingerprint density at radius 3 is 2.80 bits per heavy atom. The standard InChI is InChI=1S/C19H28N4O2/c1-22(12-16-11-17(24-3)13-23(16)2)14-19-20-18(21-25-19)10-9-15-7-5-4-6-8-15/h4-8,16-17H,9-14H2,1-3H3/t16-,17-/m0/s1. The van der Waals surface area contributed by atoms with E-state index >= 15 is 0 Å². The van der Waals surface area contributed by atoms with Crippen molar-refractivity contribution in [1.29, 1.82) is 0 Å². The molecule has 2 heterocycles. The fourth-order valence-corrected chi connectivity index (χ4v) is 3.42. The number of likely N-dealkylation sites (tertiary alicyclic amines) is 1. The van der Waals surface area contributed by atoms with Crippen molar-refractivity contribution < 1.29 is 9.26 Å². The summed E-state index contributed by atoms with van der Waals surface area (Å²) in [6.07, 6.45) is 3.15. The smallest absolute Gasteiger partial charge is 0.240 e. The van der Waals surface area contributed by atoms with E-state index in [1.54, 1.807) is 7.11 Å². The molecular formula is C19H28N4O2. The number of benzene rings is 1. The third-order valence-electron chi connectivity index (χ3n) is 4.90. The van der Waals surface area contributed by atoms with Gasteiger partial charge in [-0.2, -0.15) is 4.98 Å². The van der Waals surface area contributed by atoms with Crippen molar-refractivity contribution in [3.63, 3.8) is 0 Å². The summed E-state index contributed by atoms with van der Waals surface area (Å²) in [7, 11) is 6.05. The third-order valence-corrected chi connectivity index (χ3v) is 4.90. The molecule has 3 rings (SSSR count). The van der Waals surface area contributed by atoms with E-state index in [2.05, 4.69) is 58.3 Å². The van der Waals surface area contributed by atoms with Gasteiger partial charge < -0.3 is 9.26 Å². The molecule has 1 aliphatic heterocycles. The number of rotatable bonds is 8. The van der Waals surface area contributed by atoms with Gasteiger partial charge in [0.2, 0.25) is 5.89 Å². The van der Waals surface area contributed by atoms with Crippen molar-refractivity contribution in [3.05, 3.63) is 47.6 Å². The molecule has 2 aromatic rings. The fourth-order valence-electron chi connectivity index (χ4n) is 3.42. The number of hydrogen-bond donors (Lipinski definition) is 0. The highest BCUT2D eigenvalue weighted by molar-refractivity contribution is 5.15. The SMILES string of the molecule is CO[C@H]1C[C@@H](CN(C)Cc2nc(CCc3ccccc3)no2)N(C)C1. The maximum Gasteiger partial charge on any atom is 0.240 e. The second kappa shape index (κ2) is 8.56. The van der Waals surface area contributed by atoms with Crippen LogP contribution in [-0.2, 0) is 24.1 Å². The summed E-state index contributed by atoms with van der Waals surface area (Å²) in [6.45, 7) is 2.65. The first kappa shape index (κ1) is 18.0. The molecule has 0 unspecified atom stereocenters. The van der Waals surface area contributed by atoms with Crippen LogP contribution in [0.25, 0.3) is 0 Å². The number of aryl methyl sites for hydroxylation is 2. The van der Waals surface area contributed by atoms with E-state index in [4.69, 9.17) is 9.26 Å². The number of ether oxygens (including phenoxy) is 1. The average Bonchev–Trinajstić information content (AvgIpc) is 3.20. The Hall–Kier alpha value is -1.76. The number of hydrogen-bond acceptors (Lipinski definition) is 6. The molecule has 1 aromatic heterocycles. The van der Waals surface area contributed by atoms with E-state index in [0.717, 1.165) is 38.2 Å². The minimum absolute atomic E-state index is 0.344. The molecule has 6 nitrogen and oxygen atoms in total. The van der Waals surface area contributed by atoms with Gasteiger partial charge in [0, 0.05) is 32.7 Å². The number of aromatic nitrogens is 2. The zero-order chi connectivity index (χ0) is 17.6. The van der Waals surface area contributed by atoms with Crippen LogP contribution in [0.1, 0.15) is 23.7 Å². The Morgan fingerprint density at radius 1 is 1.28 bits per heavy atom. The van der Waals surface area contributed by atoms with Gasteiger partial charge in [-0.1, -0.05) is 35.5 Å². The largest absolute Gasteiger partial charge is 0.380 e. The highest BCUT2D eigenvalue weighted by Gasteiger charge is 2.30. The van der Waals surface area contributed by atoms with Crippen LogP contribution in [0.3, 0.4) is 0 Å². The van der Waals surface area contributed by atoms with Crippen LogP contribution in [0, 0.1) is 0 Å². The Morgan fingerprint density at radius 2 is 2.08 bits per heavy atom. The van der Waals surface area contributed by atoms with Gasteiger partial charge in [0.05, 0.1) is 12.6 Å². The van der Waals surface area contributed by atoms with E-state index in [9.17, 15) is 0 Å². The molecule has 136 valence electrons. The molecular weight excluding hydrogens is 316 g/mol. The van der Waals surface area contributed by atoms with Gasteiger partial charge >= 0.3 is 0 Å². The van der Waals surface area contributed by atoms with E-state index in [1.165, 1.54) is 5.56 Å². The lowest BCUT2D eigenvalue weighted by Crippen LogP contribution is -2.36. The van der Waals surface area contributed by atoms with Gasteiger partial charge in [0.15, 0.2) is 5.82 Å². The van der Waals surface area contributed by atoms with Crippen molar-refractivity contribution in [2.75, 3.05) is 34.3 Å². The number of likely N-dealkylation sites (N-methyl/N-ethyl adjacent to an activating group) is 2. The topological polar surface area (TPSA) is 54.6 Å². The lowest BCUT2D eigenvalue weighted by Gasteiger charge is -2.24. The molecule has 1 saturated heterocycles. The van der Waals surface area contributed by atoms with Gasteiger partial charge in [-0.25, -0.2) is 0 Å². The Kier molecular flexibility index (Phi) is 6.18. The van der Waals surface area contributed by atoms with Crippen molar-refractivity contribution >= 4 is 0 Å². The van der Waals surface area contributed by atoms with E-state index in [-0.39, 0.29) is 0 Å². The van der Waals surface area contributed by atoms with E-state index in [0.29, 0.717) is 24.6 Å². The van der Waals surface area contributed by atoms with Crippen LogP contribution in [0.4, 0.5) is 0 Å². The van der Waals surface area contributed by atoms with Crippen LogP contribution in [0.5, 0.6) is 0 Å². The molecule has 0 saturated carbocycles. The predicted molar refractivity (Wildman–Crippen MR) is 96.3 cm³/mol. The monoisotopic (exact) mass is 344 g/mol. The fraction of sp³-hybridized carbons (Fsp3) is 0.579. The maximum absolute atomic E-state index is 5.48. The second-order valence-corrected chi connectivity index (χ2v) is 6.97. The molecule has 6 heteroatoms. The Bertz CT molecular complexity index is 646. The molecule has 1 aliphatic rings. The molecule has 0 radical (unpaired) electrons. The Labute approximate surface area is 149 Å². The number of nitrogens with zero attached hydrogens (tertiary/aromatic N) is 4. The van der Waals surface area contributed by atoms with Gasteiger partial charge in [0.25, 0.3) is 0 Å². The van der Waals surface area contributed by atoms with Crippen LogP contribution in [-0.4, -0.2) is 66.4 Å². The lowest BCUT2D eigenvalue weighted by molar-refractivity contribution is 0.111. The van der Waals surface area contributed by atoms with Gasteiger partial charge in [-0.15, -0.1) is 0 Å². The quantitative estimate of drug-likeness (QED) is 0.730. The van der Waals surface area contributed by atoms with Crippen molar-refractivity contribution in [3.8, 4) is 0 Å². The second-order valence-electron chi connectivity index (χ2n) is 6.97. The van der Waals surface area contributed by atoms with E-state index < -0.39 is 0 Å². The van der Waals surface area contributed by atoms with Crippen LogP contribution in [0.2, 0.25) is 0 Å². The molecule has 0 aliphatic carbocycles. The first-order chi connectivity index (χ1) is 12.1. The molecule has 0 N–H and O–H groups in total. The zero-order valence-corrected chi connectivity index (χ0v) is 15.4. The first-order valence-corrected chi connectivity index (χ1v) is 8.91. The molecule has 2 atom stereocenters. The molecule has 0 bridgehead atoms. The molecule has 1 aromatic carbocycles. The third kappa shape index (κ3) is 5.11. The summed E-state index contributed by atoms with van der Waals surface area (Å²) < 4.78 is 10.9. The molecule has 25 heavy (non-hydrogen) atoms. The Balaban J connectivity index is 1.46. The zero-order valence-electron chi connectivity index (χ0n) is 15.4. The van der Waals surface area contributed by atoms with Crippen LogP contribution < -0.4 is 0 Å². The summed E-state index contributed by atoms with van der Waals surface area (Å²) in [6, 6.07) is 10.9. The van der Waals surface area contributed by atoms with Gasteiger partial charge in [-0.05, 0) is 32.5 Å². The summed E-state index contributed by atoms with van der Waals surface area (Å²) in [5, 5.41) is 4.11. The van der Waals surface area contributed by atoms with Crippen molar-refractivity contribution in [2.24, 2.45) is 0 Å².